The zero-order chi connectivity index (χ0) is 9.86. The summed E-state index contributed by atoms with van der Waals surface area (Å²) >= 11 is 3.81. The van der Waals surface area contributed by atoms with Crippen molar-refractivity contribution in [1.29, 1.82) is 0 Å². The van der Waals surface area contributed by atoms with Crippen molar-refractivity contribution in [3.8, 4) is 0 Å². The minimum absolute atomic E-state index is 0.00463. The molecule has 0 rings (SSSR count). The van der Waals surface area contributed by atoms with Crippen molar-refractivity contribution in [3.63, 3.8) is 0 Å². The predicted molar refractivity (Wildman–Crippen MR) is 51.0 cm³/mol. The van der Waals surface area contributed by atoms with Gasteiger partial charge in [-0.05, 0) is 6.92 Å². The molecule has 68 valence electrons. The maximum absolute atomic E-state index is 10.2. The van der Waals surface area contributed by atoms with Gasteiger partial charge < -0.3 is 10.5 Å². The number of nitrogens with two attached hydrogens (primary N) is 1. The van der Waals surface area contributed by atoms with E-state index in [1.54, 1.807) is 0 Å². The molecule has 0 aromatic heterocycles. The quantitative estimate of drug-likeness (QED) is 0.613. The maximum Gasteiger partial charge on any atom is 0.147 e. The second-order valence-corrected chi connectivity index (χ2v) is 1.76. The van der Waals surface area contributed by atoms with Crippen LogP contribution in [0.15, 0.2) is 0 Å². The normalized spacial score (nSPS) is 9.55. The third kappa shape index (κ3) is 17.7. The number of carbonyl (C=O) groups excluding carboxylic acids is 2. The Labute approximate surface area is 73.8 Å². The van der Waals surface area contributed by atoms with E-state index in [9.17, 15) is 4.79 Å². The summed E-state index contributed by atoms with van der Waals surface area (Å²) in [5.74, 6) is 0.435. The topological polar surface area (TPSA) is 60.2 Å². The highest BCUT2D eigenvalue weighted by Crippen LogP contribution is 1.82. The van der Waals surface area contributed by atoms with E-state index in [-0.39, 0.29) is 11.8 Å². The lowest BCUT2D eigenvalue weighted by atomic mass is 10.3. The van der Waals surface area contributed by atoms with Crippen LogP contribution in [-0.2, 0) is 9.59 Å². The molecule has 0 saturated carbocycles. The van der Waals surface area contributed by atoms with Gasteiger partial charge >= 0.3 is 0 Å². The van der Waals surface area contributed by atoms with Gasteiger partial charge in [0.15, 0.2) is 0 Å². The Kier molecular flexibility index (Phi) is 25.2. The molecule has 0 aromatic rings. The summed E-state index contributed by atoms with van der Waals surface area (Å²) in [5.41, 5.74) is 5.19. The second-order valence-electron chi connectivity index (χ2n) is 1.40. The number of ketones is 1. The number of Topliss-reactive ketones (excluding diaryl/α,β-unsaturated/α-hetero) is 1. The summed E-state index contributed by atoms with van der Waals surface area (Å²) in [7, 11) is 0. The molecule has 0 fully saturated rings. The van der Waals surface area contributed by atoms with Crippen molar-refractivity contribution in [1.82, 2.24) is 0 Å². The standard InChI is InChI=1S/C4H9NOS.C2H6.CH2O/c1-3(6)4(5)2-7;2*1-2/h4,7H,2,5H2,1H3;1-2H3;1H2/t4-;;/m0../s1. The van der Waals surface area contributed by atoms with Gasteiger partial charge in [0.25, 0.3) is 0 Å². The predicted octanol–water partition coefficient (Wildman–Crippen LogP) is 0.674. The number of hydrogen-bond donors (Lipinski definition) is 2. The summed E-state index contributed by atoms with van der Waals surface area (Å²) < 4.78 is 0. The van der Waals surface area contributed by atoms with Crippen LogP contribution in [0.1, 0.15) is 20.8 Å². The Hall–Kier alpha value is -0.350. The van der Waals surface area contributed by atoms with Crippen molar-refractivity contribution < 1.29 is 9.59 Å². The highest BCUT2D eigenvalue weighted by Gasteiger charge is 2.02. The van der Waals surface area contributed by atoms with Crippen molar-refractivity contribution in [2.75, 3.05) is 5.75 Å². The molecule has 3 nitrogen and oxygen atoms in total. The number of hydrogen-bond acceptors (Lipinski definition) is 4. The lowest BCUT2D eigenvalue weighted by molar-refractivity contribution is -0.117. The molecule has 0 radical (unpaired) electrons. The fraction of sp³-hybridized carbons (Fsp3) is 0.714. The average Bonchev–Trinajstić information content (AvgIpc) is 2.10. The maximum atomic E-state index is 10.2. The van der Waals surface area contributed by atoms with E-state index < -0.39 is 0 Å². The average molecular weight is 179 g/mol. The monoisotopic (exact) mass is 179 g/mol. The molecule has 1 atom stereocenters. The molecule has 2 N–H and O–H groups in total. The SMILES string of the molecule is C=O.CC.CC(=O)[C@@H](N)CS. The summed E-state index contributed by atoms with van der Waals surface area (Å²) in [4.78, 5) is 18.2. The van der Waals surface area contributed by atoms with Crippen LogP contribution in [0.3, 0.4) is 0 Å². The summed E-state index contributed by atoms with van der Waals surface area (Å²) in [6.45, 7) is 7.46. The van der Waals surface area contributed by atoms with E-state index in [1.165, 1.54) is 6.92 Å². The molecule has 0 bridgehead atoms. The van der Waals surface area contributed by atoms with Gasteiger partial charge in [0.05, 0.1) is 6.04 Å². The van der Waals surface area contributed by atoms with Gasteiger partial charge in [-0.2, -0.15) is 12.6 Å². The zero-order valence-corrected chi connectivity index (χ0v) is 8.23. The number of thiol groups is 1. The number of rotatable bonds is 2. The van der Waals surface area contributed by atoms with E-state index in [2.05, 4.69) is 12.6 Å². The third-order valence-electron chi connectivity index (χ3n) is 0.719. The lowest BCUT2D eigenvalue weighted by Crippen LogP contribution is -2.29. The van der Waals surface area contributed by atoms with Gasteiger partial charge in [-0.1, -0.05) is 13.8 Å². The number of carbonyl (C=O) groups is 2. The molecule has 0 heterocycles. The van der Waals surface area contributed by atoms with Gasteiger partial charge in [-0.15, -0.1) is 0 Å². The van der Waals surface area contributed by atoms with Crippen LogP contribution in [0, 0.1) is 0 Å². The fourth-order valence-corrected chi connectivity index (χ4v) is 0.386. The smallest absolute Gasteiger partial charge is 0.147 e. The zero-order valence-electron chi connectivity index (χ0n) is 7.33. The third-order valence-corrected chi connectivity index (χ3v) is 1.11. The second kappa shape index (κ2) is 16.3. The van der Waals surface area contributed by atoms with E-state index >= 15 is 0 Å². The van der Waals surface area contributed by atoms with Crippen molar-refractivity contribution in [3.05, 3.63) is 0 Å². The molecular weight excluding hydrogens is 162 g/mol. The van der Waals surface area contributed by atoms with Crippen LogP contribution in [0.4, 0.5) is 0 Å². The first-order chi connectivity index (χ1) is 5.18. The van der Waals surface area contributed by atoms with E-state index in [4.69, 9.17) is 10.5 Å². The summed E-state index contributed by atoms with van der Waals surface area (Å²) in [6, 6.07) is -0.372. The van der Waals surface area contributed by atoms with Crippen molar-refractivity contribution in [2.24, 2.45) is 5.73 Å². The van der Waals surface area contributed by atoms with E-state index in [1.807, 2.05) is 20.6 Å². The van der Waals surface area contributed by atoms with Crippen LogP contribution in [-0.4, -0.2) is 24.4 Å². The molecule has 0 aromatic carbocycles. The molecule has 0 aliphatic heterocycles. The lowest BCUT2D eigenvalue weighted by Gasteiger charge is -1.98. The van der Waals surface area contributed by atoms with Crippen molar-refractivity contribution >= 4 is 25.2 Å². The van der Waals surface area contributed by atoms with Crippen LogP contribution >= 0.6 is 12.6 Å². The molecule has 0 aliphatic rings. The first-order valence-electron chi connectivity index (χ1n) is 3.34. The first-order valence-corrected chi connectivity index (χ1v) is 3.97. The molecule has 0 unspecified atom stereocenters. The van der Waals surface area contributed by atoms with Crippen LogP contribution in [0.25, 0.3) is 0 Å². The Balaban J connectivity index is -0.000000138. The minimum Gasteiger partial charge on any atom is -0.321 e. The highest BCUT2D eigenvalue weighted by atomic mass is 32.1. The molecule has 11 heavy (non-hydrogen) atoms. The summed E-state index contributed by atoms with van der Waals surface area (Å²) in [5, 5.41) is 0. The molecule has 0 aliphatic carbocycles. The van der Waals surface area contributed by atoms with E-state index in [0.717, 1.165) is 0 Å². The Morgan fingerprint density at radius 1 is 1.55 bits per heavy atom. The van der Waals surface area contributed by atoms with Crippen molar-refractivity contribution in [2.45, 2.75) is 26.8 Å². The van der Waals surface area contributed by atoms with Gasteiger partial charge in [-0.3, -0.25) is 4.79 Å². The van der Waals surface area contributed by atoms with Crippen LogP contribution in [0.5, 0.6) is 0 Å². The van der Waals surface area contributed by atoms with Crippen LogP contribution in [0.2, 0.25) is 0 Å². The summed E-state index contributed by atoms with van der Waals surface area (Å²) in [6.07, 6.45) is 0. The fourth-order valence-electron chi connectivity index (χ4n) is 0.129. The van der Waals surface area contributed by atoms with Gasteiger partial charge in [0, 0.05) is 5.75 Å². The largest absolute Gasteiger partial charge is 0.321 e. The minimum atomic E-state index is -0.372. The molecule has 4 heteroatoms. The molecule has 0 amide bonds. The van der Waals surface area contributed by atoms with Gasteiger partial charge in [-0.25, -0.2) is 0 Å². The molecular formula is C7H17NO2S. The Morgan fingerprint density at radius 3 is 1.82 bits per heavy atom. The Morgan fingerprint density at radius 2 is 1.82 bits per heavy atom. The highest BCUT2D eigenvalue weighted by molar-refractivity contribution is 7.80. The molecule has 0 spiro atoms. The van der Waals surface area contributed by atoms with Gasteiger partial charge in [0.2, 0.25) is 0 Å². The molecule has 0 saturated heterocycles. The van der Waals surface area contributed by atoms with Crippen LogP contribution < -0.4 is 5.73 Å². The van der Waals surface area contributed by atoms with Gasteiger partial charge in [0.1, 0.15) is 12.6 Å². The first kappa shape index (κ1) is 16.9. The van der Waals surface area contributed by atoms with E-state index in [0.29, 0.717) is 5.75 Å². The Bertz CT molecular complexity index is 88.5.